The van der Waals surface area contributed by atoms with Gasteiger partial charge in [-0.2, -0.15) is 0 Å². The van der Waals surface area contributed by atoms with Gasteiger partial charge in [0.15, 0.2) is 0 Å². The molecule has 7 heteroatoms. The van der Waals surface area contributed by atoms with Crippen molar-refractivity contribution < 1.29 is 4.39 Å². The summed E-state index contributed by atoms with van der Waals surface area (Å²) in [7, 11) is 0. The van der Waals surface area contributed by atoms with Gasteiger partial charge >= 0.3 is 0 Å². The van der Waals surface area contributed by atoms with Crippen LogP contribution in [0.5, 0.6) is 0 Å². The van der Waals surface area contributed by atoms with Crippen LogP contribution in [-0.4, -0.2) is 41.1 Å². The number of benzene rings is 1. The van der Waals surface area contributed by atoms with Crippen molar-refractivity contribution in [2.45, 2.75) is 6.54 Å². The molecule has 2 aromatic heterocycles. The average molecular weight is 364 g/mol. The Balaban J connectivity index is 1.36. The molecule has 0 saturated carbocycles. The number of hydrogen-bond donors (Lipinski definition) is 1. The van der Waals surface area contributed by atoms with E-state index < -0.39 is 0 Å². The summed E-state index contributed by atoms with van der Waals surface area (Å²) in [6, 6.07) is 12.6. The second kappa shape index (κ2) is 7.99. The van der Waals surface area contributed by atoms with Crippen LogP contribution < -0.4 is 15.1 Å². The Hall–Kier alpha value is -3.22. The number of nitrogens with zero attached hydrogens (tertiary/aromatic N) is 5. The van der Waals surface area contributed by atoms with Crippen LogP contribution in [0, 0.1) is 5.82 Å². The molecule has 27 heavy (non-hydrogen) atoms. The number of aromatic nitrogens is 3. The summed E-state index contributed by atoms with van der Waals surface area (Å²) in [5.41, 5.74) is 2.16. The largest absolute Gasteiger partial charge is 0.368 e. The fourth-order valence-electron chi connectivity index (χ4n) is 3.16. The van der Waals surface area contributed by atoms with Gasteiger partial charge in [-0.3, -0.25) is 4.98 Å². The van der Waals surface area contributed by atoms with Crippen LogP contribution in [0.2, 0.25) is 0 Å². The van der Waals surface area contributed by atoms with Crippen molar-refractivity contribution in [3.8, 4) is 0 Å². The predicted molar refractivity (Wildman–Crippen MR) is 104 cm³/mol. The fourth-order valence-corrected chi connectivity index (χ4v) is 3.16. The monoisotopic (exact) mass is 364 g/mol. The fraction of sp³-hybridized carbons (Fsp3) is 0.250. The van der Waals surface area contributed by atoms with Gasteiger partial charge in [-0.25, -0.2) is 14.4 Å². The van der Waals surface area contributed by atoms with E-state index in [2.05, 4.69) is 30.1 Å². The van der Waals surface area contributed by atoms with Gasteiger partial charge in [-0.05, 0) is 35.9 Å². The molecule has 1 aliphatic heterocycles. The molecule has 1 aromatic carbocycles. The molecule has 0 aliphatic carbocycles. The van der Waals surface area contributed by atoms with Crippen molar-refractivity contribution in [2.75, 3.05) is 41.3 Å². The Kier molecular flexibility index (Phi) is 5.09. The maximum Gasteiger partial charge on any atom is 0.134 e. The summed E-state index contributed by atoms with van der Waals surface area (Å²) in [4.78, 5) is 17.4. The summed E-state index contributed by atoms with van der Waals surface area (Å²) in [5, 5.41) is 3.32. The van der Waals surface area contributed by atoms with E-state index in [-0.39, 0.29) is 5.82 Å². The topological polar surface area (TPSA) is 57.2 Å². The van der Waals surface area contributed by atoms with E-state index >= 15 is 0 Å². The highest BCUT2D eigenvalue weighted by Crippen LogP contribution is 2.20. The molecule has 4 rings (SSSR count). The lowest BCUT2D eigenvalue weighted by molar-refractivity contribution is 0.624. The standard InChI is InChI=1S/C20H21FN6/c21-17-3-5-18(6-4-17)26-8-10-27(11-9-26)20-12-19(24-15-25-20)23-14-16-2-1-7-22-13-16/h1-7,12-13,15H,8-11,14H2,(H,23,24,25). The zero-order valence-corrected chi connectivity index (χ0v) is 14.9. The first-order chi connectivity index (χ1) is 13.3. The number of pyridine rings is 1. The molecule has 1 aliphatic rings. The maximum absolute atomic E-state index is 13.1. The van der Waals surface area contributed by atoms with Gasteiger partial charge in [0.25, 0.3) is 0 Å². The Labute approximate surface area is 157 Å². The molecule has 1 saturated heterocycles. The first kappa shape index (κ1) is 17.2. The number of piperazine rings is 1. The zero-order chi connectivity index (χ0) is 18.5. The molecule has 0 unspecified atom stereocenters. The van der Waals surface area contributed by atoms with Gasteiger partial charge in [0, 0.05) is 56.9 Å². The van der Waals surface area contributed by atoms with Crippen molar-refractivity contribution in [2.24, 2.45) is 0 Å². The Morgan fingerprint density at radius 3 is 2.48 bits per heavy atom. The molecule has 0 bridgehead atoms. The molecule has 3 aromatic rings. The van der Waals surface area contributed by atoms with Gasteiger partial charge in [-0.1, -0.05) is 6.07 Å². The van der Waals surface area contributed by atoms with E-state index in [4.69, 9.17) is 0 Å². The van der Waals surface area contributed by atoms with Crippen LogP contribution >= 0.6 is 0 Å². The number of nitrogens with one attached hydrogen (secondary N) is 1. The van der Waals surface area contributed by atoms with Crippen LogP contribution in [0.3, 0.4) is 0 Å². The predicted octanol–water partition coefficient (Wildman–Crippen LogP) is 2.95. The van der Waals surface area contributed by atoms with Crippen LogP contribution in [0.25, 0.3) is 0 Å². The van der Waals surface area contributed by atoms with E-state index in [1.165, 1.54) is 12.1 Å². The third kappa shape index (κ3) is 4.31. The normalized spacial score (nSPS) is 14.3. The van der Waals surface area contributed by atoms with Crippen LogP contribution in [-0.2, 0) is 6.54 Å². The highest BCUT2D eigenvalue weighted by molar-refractivity contribution is 5.52. The smallest absolute Gasteiger partial charge is 0.134 e. The molecule has 0 radical (unpaired) electrons. The molecule has 1 N–H and O–H groups in total. The molecule has 6 nitrogen and oxygen atoms in total. The van der Waals surface area contributed by atoms with Crippen molar-refractivity contribution in [3.05, 3.63) is 72.6 Å². The summed E-state index contributed by atoms with van der Waals surface area (Å²) < 4.78 is 13.1. The zero-order valence-electron chi connectivity index (χ0n) is 14.9. The number of anilines is 3. The average Bonchev–Trinajstić information content (AvgIpc) is 2.74. The van der Waals surface area contributed by atoms with E-state index in [9.17, 15) is 4.39 Å². The molecule has 3 heterocycles. The quantitative estimate of drug-likeness (QED) is 0.751. The SMILES string of the molecule is Fc1ccc(N2CCN(c3cc(NCc4cccnc4)ncn3)CC2)cc1. The minimum Gasteiger partial charge on any atom is -0.368 e. The summed E-state index contributed by atoms with van der Waals surface area (Å²) in [6.07, 6.45) is 5.19. The van der Waals surface area contributed by atoms with Crippen molar-refractivity contribution in [3.63, 3.8) is 0 Å². The lowest BCUT2D eigenvalue weighted by atomic mass is 10.2. The molecule has 0 amide bonds. The van der Waals surface area contributed by atoms with Crippen LogP contribution in [0.15, 0.2) is 61.2 Å². The molecule has 1 fully saturated rings. The molecule has 0 atom stereocenters. The summed E-state index contributed by atoms with van der Waals surface area (Å²) in [5.74, 6) is 1.51. The first-order valence-electron chi connectivity index (χ1n) is 8.98. The number of rotatable bonds is 5. The third-order valence-electron chi connectivity index (χ3n) is 4.64. The minimum atomic E-state index is -0.204. The Bertz CT molecular complexity index is 863. The van der Waals surface area contributed by atoms with Gasteiger partial charge in [0.05, 0.1) is 0 Å². The van der Waals surface area contributed by atoms with E-state index in [1.54, 1.807) is 12.5 Å². The van der Waals surface area contributed by atoms with Gasteiger partial charge < -0.3 is 15.1 Å². The summed E-state index contributed by atoms with van der Waals surface area (Å²) in [6.45, 7) is 4.12. The lowest BCUT2D eigenvalue weighted by Crippen LogP contribution is -2.46. The van der Waals surface area contributed by atoms with Gasteiger partial charge in [0.1, 0.15) is 23.8 Å². The second-order valence-corrected chi connectivity index (χ2v) is 6.43. The van der Waals surface area contributed by atoms with E-state index in [0.29, 0.717) is 6.54 Å². The van der Waals surface area contributed by atoms with Crippen molar-refractivity contribution in [1.82, 2.24) is 15.0 Å². The highest BCUT2D eigenvalue weighted by atomic mass is 19.1. The lowest BCUT2D eigenvalue weighted by Gasteiger charge is -2.36. The second-order valence-electron chi connectivity index (χ2n) is 6.43. The van der Waals surface area contributed by atoms with E-state index in [0.717, 1.165) is 49.1 Å². The molecular formula is C20H21FN6. The Morgan fingerprint density at radius 1 is 0.963 bits per heavy atom. The van der Waals surface area contributed by atoms with Gasteiger partial charge in [-0.15, -0.1) is 0 Å². The van der Waals surface area contributed by atoms with Gasteiger partial charge in [0.2, 0.25) is 0 Å². The minimum absolute atomic E-state index is 0.204. The summed E-state index contributed by atoms with van der Waals surface area (Å²) >= 11 is 0. The van der Waals surface area contributed by atoms with Crippen LogP contribution in [0.4, 0.5) is 21.7 Å². The maximum atomic E-state index is 13.1. The highest BCUT2D eigenvalue weighted by Gasteiger charge is 2.18. The molecule has 0 spiro atoms. The van der Waals surface area contributed by atoms with Crippen molar-refractivity contribution in [1.29, 1.82) is 0 Å². The van der Waals surface area contributed by atoms with Crippen molar-refractivity contribution >= 4 is 17.3 Å². The first-order valence-corrected chi connectivity index (χ1v) is 8.98. The van der Waals surface area contributed by atoms with E-state index in [1.807, 2.05) is 36.5 Å². The third-order valence-corrected chi connectivity index (χ3v) is 4.64. The number of hydrogen-bond acceptors (Lipinski definition) is 6. The number of halogens is 1. The molecular weight excluding hydrogens is 343 g/mol. The molecule has 138 valence electrons. The Morgan fingerprint density at radius 2 is 1.74 bits per heavy atom. The van der Waals surface area contributed by atoms with Crippen LogP contribution in [0.1, 0.15) is 5.56 Å².